The van der Waals surface area contributed by atoms with Crippen molar-refractivity contribution < 1.29 is 14.3 Å². The summed E-state index contributed by atoms with van der Waals surface area (Å²) in [5.74, 6) is 0.312. The molecule has 1 unspecified atom stereocenters. The van der Waals surface area contributed by atoms with Crippen LogP contribution >= 0.6 is 11.6 Å². The van der Waals surface area contributed by atoms with Crippen molar-refractivity contribution in [3.8, 4) is 17.0 Å². The van der Waals surface area contributed by atoms with Gasteiger partial charge in [0.15, 0.2) is 5.43 Å². The third kappa shape index (κ3) is 3.23. The van der Waals surface area contributed by atoms with E-state index >= 15 is 0 Å². The highest BCUT2D eigenvalue weighted by atomic mass is 35.5. The van der Waals surface area contributed by atoms with E-state index < -0.39 is 5.97 Å². The van der Waals surface area contributed by atoms with Crippen LogP contribution < -0.4 is 10.2 Å². The summed E-state index contributed by atoms with van der Waals surface area (Å²) in [5.41, 5.74) is 2.00. The van der Waals surface area contributed by atoms with Crippen LogP contribution in [0.5, 0.6) is 5.75 Å². The molecule has 1 aliphatic rings. The number of esters is 1. The van der Waals surface area contributed by atoms with E-state index in [1.807, 2.05) is 23.6 Å². The van der Waals surface area contributed by atoms with Gasteiger partial charge in [-0.05, 0) is 37.5 Å². The Balaban J connectivity index is 2.27. The average molecular weight is 376 g/mol. The molecule has 2 aromatic rings. The first-order chi connectivity index (χ1) is 12.3. The number of hydrogen-bond acceptors (Lipinski definition) is 4. The van der Waals surface area contributed by atoms with E-state index in [0.717, 1.165) is 11.1 Å². The zero-order chi connectivity index (χ0) is 19.0. The molecule has 0 saturated carbocycles. The van der Waals surface area contributed by atoms with E-state index in [1.54, 1.807) is 13.1 Å². The minimum Gasteiger partial charge on any atom is -0.491 e. The number of carbonyl (C=O) groups excluding carboxylic acids is 1. The second kappa shape index (κ2) is 7.16. The van der Waals surface area contributed by atoms with Crippen molar-refractivity contribution in [1.29, 1.82) is 0 Å². The molecule has 6 heteroatoms. The van der Waals surface area contributed by atoms with Crippen LogP contribution in [0.3, 0.4) is 0 Å². The van der Waals surface area contributed by atoms with Gasteiger partial charge in [0.05, 0.1) is 18.3 Å². The van der Waals surface area contributed by atoms with Crippen molar-refractivity contribution in [3.63, 3.8) is 0 Å². The third-order valence-electron chi connectivity index (χ3n) is 4.65. The first-order valence-electron chi connectivity index (χ1n) is 8.70. The van der Waals surface area contributed by atoms with Crippen LogP contribution in [0.15, 0.2) is 29.2 Å². The fourth-order valence-electron chi connectivity index (χ4n) is 3.15. The number of fused-ring (bicyclic) bond motifs is 3. The molecule has 3 rings (SSSR count). The molecule has 1 aliphatic heterocycles. The number of carbonyl (C=O) groups is 1. The number of aryl methyl sites for hydroxylation is 1. The standard InChI is InChI=1S/C20H22ClNO4/c1-5-25-20(24)14-9-22-16(8-18(14)23)13-7-15(21)12(4)6-19(13)26-10-17(22)11(2)3/h6-9,11,17H,5,10H2,1-4H3. The van der Waals surface area contributed by atoms with Crippen molar-refractivity contribution >= 4 is 17.6 Å². The number of rotatable bonds is 3. The van der Waals surface area contributed by atoms with Crippen LogP contribution in [0.4, 0.5) is 0 Å². The van der Waals surface area contributed by atoms with Gasteiger partial charge in [-0.2, -0.15) is 0 Å². The first kappa shape index (κ1) is 18.5. The number of ether oxygens (including phenoxy) is 2. The number of benzene rings is 1. The van der Waals surface area contributed by atoms with E-state index in [4.69, 9.17) is 21.1 Å². The van der Waals surface area contributed by atoms with Crippen molar-refractivity contribution in [3.05, 3.63) is 50.8 Å². The Labute approximate surface area is 157 Å². The highest BCUT2D eigenvalue weighted by molar-refractivity contribution is 6.31. The fourth-order valence-corrected chi connectivity index (χ4v) is 3.31. The summed E-state index contributed by atoms with van der Waals surface area (Å²) in [6.07, 6.45) is 1.59. The maximum atomic E-state index is 12.6. The summed E-state index contributed by atoms with van der Waals surface area (Å²) in [6, 6.07) is 5.13. The second-order valence-electron chi connectivity index (χ2n) is 6.78. The Kier molecular flexibility index (Phi) is 5.10. The first-order valence-corrected chi connectivity index (χ1v) is 9.07. The summed E-state index contributed by atoms with van der Waals surface area (Å²) in [7, 11) is 0. The molecule has 0 amide bonds. The molecular formula is C20H22ClNO4. The van der Waals surface area contributed by atoms with E-state index in [1.165, 1.54) is 6.07 Å². The van der Waals surface area contributed by atoms with Crippen LogP contribution in [-0.2, 0) is 4.74 Å². The molecule has 26 heavy (non-hydrogen) atoms. The summed E-state index contributed by atoms with van der Waals surface area (Å²) < 4.78 is 13.0. The summed E-state index contributed by atoms with van der Waals surface area (Å²) in [6.45, 7) is 8.43. The minimum absolute atomic E-state index is 0.0305. The third-order valence-corrected chi connectivity index (χ3v) is 5.06. The van der Waals surface area contributed by atoms with Gasteiger partial charge in [0.1, 0.15) is 17.9 Å². The van der Waals surface area contributed by atoms with Crippen LogP contribution in [0.2, 0.25) is 5.02 Å². The summed E-state index contributed by atoms with van der Waals surface area (Å²) in [4.78, 5) is 24.7. The van der Waals surface area contributed by atoms with Crippen LogP contribution in [0, 0.1) is 12.8 Å². The van der Waals surface area contributed by atoms with Crippen molar-refractivity contribution in [1.82, 2.24) is 4.57 Å². The maximum absolute atomic E-state index is 12.6. The highest BCUT2D eigenvalue weighted by Gasteiger charge is 2.27. The van der Waals surface area contributed by atoms with Gasteiger partial charge in [-0.25, -0.2) is 4.79 Å². The number of nitrogens with zero attached hydrogens (tertiary/aromatic N) is 1. The van der Waals surface area contributed by atoms with Crippen LogP contribution in [-0.4, -0.2) is 23.8 Å². The van der Waals surface area contributed by atoms with Gasteiger partial charge >= 0.3 is 5.97 Å². The molecule has 1 aromatic carbocycles. The Bertz CT molecular complexity index is 917. The maximum Gasteiger partial charge on any atom is 0.343 e. The summed E-state index contributed by atoms with van der Waals surface area (Å²) >= 11 is 6.31. The Morgan fingerprint density at radius 1 is 1.38 bits per heavy atom. The van der Waals surface area contributed by atoms with E-state index in [-0.39, 0.29) is 29.6 Å². The van der Waals surface area contributed by atoms with Gasteiger partial charge in [-0.15, -0.1) is 0 Å². The fraction of sp³-hybridized carbons (Fsp3) is 0.400. The second-order valence-corrected chi connectivity index (χ2v) is 7.19. The molecule has 0 N–H and O–H groups in total. The molecule has 5 nitrogen and oxygen atoms in total. The minimum atomic E-state index is -0.609. The normalized spacial score (nSPS) is 15.7. The predicted molar refractivity (Wildman–Crippen MR) is 101 cm³/mol. The smallest absolute Gasteiger partial charge is 0.343 e. The predicted octanol–water partition coefficient (Wildman–Crippen LogP) is 4.24. The zero-order valence-electron chi connectivity index (χ0n) is 15.3. The SMILES string of the molecule is CCOC(=O)c1cn2c(cc1=O)-c1cc(Cl)c(C)cc1OCC2C(C)C. The van der Waals surface area contributed by atoms with Crippen LogP contribution in [0.25, 0.3) is 11.3 Å². The number of pyridine rings is 1. The van der Waals surface area contributed by atoms with Crippen molar-refractivity contribution in [2.24, 2.45) is 5.92 Å². The van der Waals surface area contributed by atoms with Gasteiger partial charge in [0, 0.05) is 22.8 Å². The number of halogens is 1. The highest BCUT2D eigenvalue weighted by Crippen LogP contribution is 2.39. The molecule has 0 radical (unpaired) electrons. The monoisotopic (exact) mass is 375 g/mol. The van der Waals surface area contributed by atoms with Gasteiger partial charge in [-0.3, -0.25) is 4.79 Å². The largest absolute Gasteiger partial charge is 0.491 e. The Morgan fingerprint density at radius 3 is 2.77 bits per heavy atom. The lowest BCUT2D eigenvalue weighted by atomic mass is 10.0. The number of aromatic nitrogens is 1. The molecule has 0 bridgehead atoms. The van der Waals surface area contributed by atoms with Gasteiger partial charge < -0.3 is 14.0 Å². The average Bonchev–Trinajstić information content (AvgIpc) is 2.72. The molecule has 0 fully saturated rings. The Hall–Kier alpha value is -2.27. The quantitative estimate of drug-likeness (QED) is 0.753. The zero-order valence-corrected chi connectivity index (χ0v) is 16.1. The molecular weight excluding hydrogens is 354 g/mol. The lowest BCUT2D eigenvalue weighted by molar-refractivity contribution is 0.0523. The molecule has 1 aromatic heterocycles. The molecule has 0 aliphatic carbocycles. The molecule has 1 atom stereocenters. The number of hydrogen-bond donors (Lipinski definition) is 0. The Morgan fingerprint density at radius 2 is 2.12 bits per heavy atom. The van der Waals surface area contributed by atoms with Crippen molar-refractivity contribution in [2.45, 2.75) is 33.7 Å². The molecule has 0 spiro atoms. The lowest BCUT2D eigenvalue weighted by Crippen LogP contribution is -2.26. The molecule has 2 heterocycles. The lowest BCUT2D eigenvalue weighted by Gasteiger charge is -2.24. The van der Waals surface area contributed by atoms with Crippen LogP contribution in [0.1, 0.15) is 42.7 Å². The van der Waals surface area contributed by atoms with Crippen molar-refractivity contribution in [2.75, 3.05) is 13.2 Å². The summed E-state index contributed by atoms with van der Waals surface area (Å²) in [5, 5.41) is 0.601. The van der Waals surface area contributed by atoms with Gasteiger partial charge in [0.25, 0.3) is 0 Å². The van der Waals surface area contributed by atoms with Gasteiger partial charge in [-0.1, -0.05) is 25.4 Å². The van der Waals surface area contributed by atoms with E-state index in [2.05, 4.69) is 13.8 Å². The molecule has 138 valence electrons. The topological polar surface area (TPSA) is 57.5 Å². The van der Waals surface area contributed by atoms with E-state index in [9.17, 15) is 9.59 Å². The van der Waals surface area contributed by atoms with E-state index in [0.29, 0.717) is 23.1 Å². The molecule has 0 saturated heterocycles. The van der Waals surface area contributed by atoms with Gasteiger partial charge in [0.2, 0.25) is 0 Å².